The van der Waals surface area contributed by atoms with Crippen molar-refractivity contribution in [2.75, 3.05) is 6.26 Å². The maximum atomic E-state index is 12.8. The Morgan fingerprint density at radius 1 is 1.00 bits per heavy atom. The van der Waals surface area contributed by atoms with Crippen molar-refractivity contribution < 1.29 is 17.4 Å². The van der Waals surface area contributed by atoms with E-state index in [-0.39, 0.29) is 11.6 Å². The number of pyridine rings is 1. The monoisotopic (exact) mass is 280 g/mol. The quantitative estimate of drug-likeness (QED) is 0.800. The number of halogens is 1. The third-order valence-corrected chi connectivity index (χ3v) is 3.53. The molecule has 2 aromatic rings. The van der Waals surface area contributed by atoms with E-state index in [1.807, 2.05) is 17.0 Å². The fourth-order valence-electron chi connectivity index (χ4n) is 1.79. The largest absolute Gasteiger partial charge is 0.229 e. The number of sulfone groups is 1. The number of benzene rings is 1. The molecule has 0 amide bonds. The number of rotatable bonds is 4. The molecule has 0 spiro atoms. The Balaban J connectivity index is 2.08. The fourth-order valence-corrected chi connectivity index (χ4v) is 2.59. The van der Waals surface area contributed by atoms with Gasteiger partial charge in [-0.05, 0) is 29.8 Å². The number of nitrogens with zero attached hydrogens (tertiary/aromatic N) is 1. The van der Waals surface area contributed by atoms with Crippen LogP contribution in [0.15, 0.2) is 48.8 Å². The molecule has 1 heterocycles. The van der Waals surface area contributed by atoms with Crippen LogP contribution in [0.25, 0.3) is 0 Å². The summed E-state index contributed by atoms with van der Waals surface area (Å²) in [6.45, 7) is 0.624. The van der Waals surface area contributed by atoms with Gasteiger partial charge in [-0.15, -0.1) is 0 Å². The lowest BCUT2D eigenvalue weighted by molar-refractivity contribution is -0.688. The second kappa shape index (κ2) is 5.48. The van der Waals surface area contributed by atoms with Crippen molar-refractivity contribution in [3.05, 3.63) is 65.7 Å². The van der Waals surface area contributed by atoms with Gasteiger partial charge in [0, 0.05) is 24.0 Å². The van der Waals surface area contributed by atoms with E-state index in [9.17, 15) is 12.8 Å². The van der Waals surface area contributed by atoms with Crippen molar-refractivity contribution >= 4 is 9.84 Å². The molecule has 0 radical (unpaired) electrons. The standard InChI is InChI=1S/C14H15FNO2S/c1-19(17,18)11-13-6-8-16(9-7-13)10-12-2-4-14(15)5-3-12/h2-9H,10-11H2,1H3/q+1. The molecule has 0 atom stereocenters. The highest BCUT2D eigenvalue weighted by Crippen LogP contribution is 2.04. The van der Waals surface area contributed by atoms with Gasteiger partial charge in [-0.25, -0.2) is 17.4 Å². The molecule has 100 valence electrons. The van der Waals surface area contributed by atoms with E-state index in [1.54, 1.807) is 24.3 Å². The zero-order chi connectivity index (χ0) is 13.9. The Bertz CT molecular complexity index is 649. The molecule has 0 saturated heterocycles. The average Bonchev–Trinajstić information content (AvgIpc) is 2.33. The first-order chi connectivity index (χ1) is 8.92. The predicted molar refractivity (Wildman–Crippen MR) is 70.7 cm³/mol. The van der Waals surface area contributed by atoms with Crippen LogP contribution in [0.1, 0.15) is 11.1 Å². The number of hydrogen-bond acceptors (Lipinski definition) is 2. The van der Waals surface area contributed by atoms with Gasteiger partial charge in [-0.1, -0.05) is 0 Å². The van der Waals surface area contributed by atoms with Crippen LogP contribution in [0.5, 0.6) is 0 Å². The summed E-state index contributed by atoms with van der Waals surface area (Å²) in [5.41, 5.74) is 1.75. The Labute approximate surface area is 112 Å². The molecular formula is C14H15FNO2S+. The molecule has 0 bridgehead atoms. The second-order valence-electron chi connectivity index (χ2n) is 4.58. The van der Waals surface area contributed by atoms with Crippen LogP contribution >= 0.6 is 0 Å². The van der Waals surface area contributed by atoms with Gasteiger partial charge >= 0.3 is 0 Å². The van der Waals surface area contributed by atoms with Crippen molar-refractivity contribution in [1.82, 2.24) is 0 Å². The molecule has 0 aliphatic rings. The van der Waals surface area contributed by atoms with E-state index in [0.717, 1.165) is 11.1 Å². The Kier molecular flexibility index (Phi) is 3.95. The van der Waals surface area contributed by atoms with Crippen molar-refractivity contribution in [3.8, 4) is 0 Å². The molecular weight excluding hydrogens is 265 g/mol. The highest BCUT2D eigenvalue weighted by molar-refractivity contribution is 7.89. The lowest BCUT2D eigenvalue weighted by Crippen LogP contribution is -2.33. The van der Waals surface area contributed by atoms with Gasteiger partial charge in [0.15, 0.2) is 28.8 Å². The molecule has 5 heteroatoms. The highest BCUT2D eigenvalue weighted by Gasteiger charge is 2.07. The summed E-state index contributed by atoms with van der Waals surface area (Å²) in [6.07, 6.45) is 4.86. The summed E-state index contributed by atoms with van der Waals surface area (Å²) in [6, 6.07) is 9.87. The van der Waals surface area contributed by atoms with Crippen molar-refractivity contribution in [2.45, 2.75) is 12.3 Å². The zero-order valence-electron chi connectivity index (χ0n) is 10.6. The minimum Gasteiger partial charge on any atom is -0.229 e. The van der Waals surface area contributed by atoms with Gasteiger partial charge in [0.25, 0.3) is 0 Å². The molecule has 0 unspecified atom stereocenters. The van der Waals surface area contributed by atoms with Crippen LogP contribution in [0.2, 0.25) is 0 Å². The summed E-state index contributed by atoms with van der Waals surface area (Å²) in [5, 5.41) is 0. The van der Waals surface area contributed by atoms with E-state index < -0.39 is 9.84 Å². The third kappa shape index (κ3) is 4.44. The molecule has 0 aliphatic heterocycles. The average molecular weight is 280 g/mol. The van der Waals surface area contributed by atoms with Crippen LogP contribution in [-0.4, -0.2) is 14.7 Å². The summed E-state index contributed by atoms with van der Waals surface area (Å²) >= 11 is 0. The summed E-state index contributed by atoms with van der Waals surface area (Å²) in [5.74, 6) is -0.207. The van der Waals surface area contributed by atoms with E-state index in [0.29, 0.717) is 6.54 Å². The van der Waals surface area contributed by atoms with Crippen LogP contribution < -0.4 is 4.57 Å². The number of aromatic nitrogens is 1. The van der Waals surface area contributed by atoms with E-state index in [1.165, 1.54) is 18.4 Å². The lowest BCUT2D eigenvalue weighted by atomic mass is 10.2. The van der Waals surface area contributed by atoms with Crippen LogP contribution in [-0.2, 0) is 22.1 Å². The third-order valence-electron chi connectivity index (χ3n) is 2.67. The van der Waals surface area contributed by atoms with Crippen molar-refractivity contribution in [1.29, 1.82) is 0 Å². The van der Waals surface area contributed by atoms with Gasteiger partial charge in [0.05, 0.1) is 5.75 Å². The van der Waals surface area contributed by atoms with Crippen LogP contribution in [0, 0.1) is 5.82 Å². The molecule has 0 saturated carbocycles. The first kappa shape index (κ1) is 13.7. The fraction of sp³-hybridized carbons (Fsp3) is 0.214. The van der Waals surface area contributed by atoms with Crippen molar-refractivity contribution in [2.24, 2.45) is 0 Å². The molecule has 0 aliphatic carbocycles. The molecule has 19 heavy (non-hydrogen) atoms. The maximum absolute atomic E-state index is 12.8. The van der Waals surface area contributed by atoms with Gasteiger partial charge in [0.2, 0.25) is 0 Å². The first-order valence-electron chi connectivity index (χ1n) is 5.82. The lowest BCUT2D eigenvalue weighted by Gasteiger charge is -2.00. The van der Waals surface area contributed by atoms with E-state index in [2.05, 4.69) is 0 Å². The second-order valence-corrected chi connectivity index (χ2v) is 6.72. The topological polar surface area (TPSA) is 38.0 Å². The van der Waals surface area contributed by atoms with E-state index in [4.69, 9.17) is 0 Å². The SMILES string of the molecule is CS(=O)(=O)Cc1cc[n+](Cc2ccc(F)cc2)cc1. The van der Waals surface area contributed by atoms with Gasteiger partial charge in [-0.2, -0.15) is 0 Å². The summed E-state index contributed by atoms with van der Waals surface area (Å²) < 4.78 is 37.0. The maximum Gasteiger partial charge on any atom is 0.173 e. The minimum absolute atomic E-state index is 0.0460. The van der Waals surface area contributed by atoms with Gasteiger partial charge in [0.1, 0.15) is 5.82 Å². The summed E-state index contributed by atoms with van der Waals surface area (Å²) in [4.78, 5) is 0. The Morgan fingerprint density at radius 2 is 1.58 bits per heavy atom. The molecule has 1 aromatic heterocycles. The first-order valence-corrected chi connectivity index (χ1v) is 7.88. The van der Waals surface area contributed by atoms with Gasteiger partial charge < -0.3 is 0 Å². The Morgan fingerprint density at radius 3 is 2.11 bits per heavy atom. The zero-order valence-corrected chi connectivity index (χ0v) is 11.4. The molecule has 3 nitrogen and oxygen atoms in total. The highest BCUT2D eigenvalue weighted by atomic mass is 32.2. The molecule has 0 N–H and O–H groups in total. The minimum atomic E-state index is -3.00. The molecule has 2 rings (SSSR count). The Hall–Kier alpha value is -1.75. The molecule has 1 aromatic carbocycles. The smallest absolute Gasteiger partial charge is 0.173 e. The van der Waals surface area contributed by atoms with Crippen LogP contribution in [0.4, 0.5) is 4.39 Å². The predicted octanol–water partition coefficient (Wildman–Crippen LogP) is 1.71. The summed E-state index contributed by atoms with van der Waals surface area (Å²) in [7, 11) is -3.00. The van der Waals surface area contributed by atoms with Gasteiger partial charge in [-0.3, -0.25) is 0 Å². The molecule has 0 fully saturated rings. The normalized spacial score (nSPS) is 11.5. The number of hydrogen-bond donors (Lipinski definition) is 0. The van der Waals surface area contributed by atoms with Crippen LogP contribution in [0.3, 0.4) is 0 Å². The van der Waals surface area contributed by atoms with Crippen molar-refractivity contribution in [3.63, 3.8) is 0 Å². The van der Waals surface area contributed by atoms with E-state index >= 15 is 0 Å².